The Morgan fingerprint density at radius 2 is 2.05 bits per heavy atom. The summed E-state index contributed by atoms with van der Waals surface area (Å²) in [7, 11) is 0. The molecule has 6 rings (SSSR count). The molecule has 2 amide bonds. The minimum Gasteiger partial charge on any atom is -0.348 e. The van der Waals surface area contributed by atoms with Crippen molar-refractivity contribution in [2.45, 2.75) is 45.9 Å². The van der Waals surface area contributed by atoms with Crippen LogP contribution in [0.2, 0.25) is 5.02 Å². The maximum absolute atomic E-state index is 15.8. The molecule has 38 heavy (non-hydrogen) atoms. The van der Waals surface area contributed by atoms with E-state index < -0.39 is 5.82 Å². The molecule has 0 aliphatic carbocycles. The van der Waals surface area contributed by atoms with Crippen LogP contribution in [0.1, 0.15) is 47.1 Å². The van der Waals surface area contributed by atoms with Crippen molar-refractivity contribution in [2.75, 3.05) is 13.1 Å². The molecule has 0 atom stereocenters. The largest absolute Gasteiger partial charge is 0.348 e. The van der Waals surface area contributed by atoms with E-state index in [4.69, 9.17) is 11.6 Å². The quantitative estimate of drug-likeness (QED) is 0.405. The molecule has 196 valence electrons. The first-order chi connectivity index (χ1) is 18.4. The lowest BCUT2D eigenvalue weighted by Crippen LogP contribution is -2.36. The number of aromatic nitrogens is 6. The maximum atomic E-state index is 15.8. The van der Waals surface area contributed by atoms with Gasteiger partial charge in [0.2, 0.25) is 5.91 Å². The van der Waals surface area contributed by atoms with Crippen LogP contribution >= 0.6 is 11.6 Å². The lowest BCUT2D eigenvalue weighted by atomic mass is 9.99. The highest BCUT2D eigenvalue weighted by Crippen LogP contribution is 2.35. The summed E-state index contributed by atoms with van der Waals surface area (Å²) in [4.78, 5) is 32.5. The van der Waals surface area contributed by atoms with Gasteiger partial charge in [0.1, 0.15) is 5.69 Å². The third-order valence-electron chi connectivity index (χ3n) is 7.23. The summed E-state index contributed by atoms with van der Waals surface area (Å²) in [6.07, 6.45) is 7.89. The van der Waals surface area contributed by atoms with Gasteiger partial charge in [0.15, 0.2) is 5.82 Å². The van der Waals surface area contributed by atoms with Crippen LogP contribution in [0.4, 0.5) is 4.39 Å². The fourth-order valence-electron chi connectivity index (χ4n) is 5.23. The summed E-state index contributed by atoms with van der Waals surface area (Å²) in [5, 5.41) is 12.8. The van der Waals surface area contributed by atoms with Gasteiger partial charge in [-0.2, -0.15) is 5.10 Å². The Labute approximate surface area is 222 Å². The molecule has 0 unspecified atom stereocenters. The van der Waals surface area contributed by atoms with Gasteiger partial charge in [-0.1, -0.05) is 22.9 Å². The second-order valence-corrected chi connectivity index (χ2v) is 9.94. The smallest absolute Gasteiger partial charge is 0.270 e. The second-order valence-electron chi connectivity index (χ2n) is 9.53. The van der Waals surface area contributed by atoms with Crippen molar-refractivity contribution >= 4 is 39.9 Å². The van der Waals surface area contributed by atoms with Crippen LogP contribution in [-0.2, 0) is 31.0 Å². The van der Waals surface area contributed by atoms with Gasteiger partial charge >= 0.3 is 0 Å². The predicted molar refractivity (Wildman–Crippen MR) is 139 cm³/mol. The van der Waals surface area contributed by atoms with Crippen molar-refractivity contribution < 1.29 is 14.0 Å². The standard InChI is InChI=1S/C26H26ClFN8O2/c1-2-36-22-15-34(14-17(22)12-30-36)26(38)21-11-19-20(27)10-18(24(28)25(19)31-21)16-4-3-7-33(13-16)23(37)5-8-35-9-6-29-32-35/h4,6,9-12,31H,2-3,5,7-8,13-15H2,1H3. The number of aryl methyl sites for hydroxylation is 2. The highest BCUT2D eigenvalue weighted by Gasteiger charge is 2.29. The molecule has 0 fully saturated rings. The lowest BCUT2D eigenvalue weighted by molar-refractivity contribution is -0.131. The zero-order valence-electron chi connectivity index (χ0n) is 20.8. The van der Waals surface area contributed by atoms with Crippen LogP contribution in [-0.4, -0.2) is 64.5 Å². The van der Waals surface area contributed by atoms with Crippen LogP contribution in [0.25, 0.3) is 16.5 Å². The van der Waals surface area contributed by atoms with E-state index in [2.05, 4.69) is 20.4 Å². The zero-order valence-corrected chi connectivity index (χ0v) is 21.6. The summed E-state index contributed by atoms with van der Waals surface area (Å²) < 4.78 is 19.3. The number of benzene rings is 1. The minimum absolute atomic E-state index is 0.0377. The van der Waals surface area contributed by atoms with E-state index >= 15 is 4.39 Å². The summed E-state index contributed by atoms with van der Waals surface area (Å²) in [5.74, 6) is -0.750. The van der Waals surface area contributed by atoms with Crippen LogP contribution in [0.15, 0.2) is 36.8 Å². The molecule has 1 N–H and O–H groups in total. The van der Waals surface area contributed by atoms with Crippen LogP contribution in [0.5, 0.6) is 0 Å². The molecule has 2 aliphatic rings. The van der Waals surface area contributed by atoms with E-state index in [-0.39, 0.29) is 36.0 Å². The first-order valence-electron chi connectivity index (χ1n) is 12.6. The number of hydrogen-bond acceptors (Lipinski definition) is 5. The molecule has 3 aromatic heterocycles. The SMILES string of the molecule is CCn1ncc2c1CN(C(=O)c1cc3c(Cl)cc(C4=CCCN(C(=O)CCn5ccnn5)C4)c(F)c3[nH]1)C2. The molecule has 10 nitrogen and oxygen atoms in total. The number of halogens is 2. The molecule has 0 saturated heterocycles. The van der Waals surface area contributed by atoms with Gasteiger partial charge in [-0.3, -0.25) is 19.0 Å². The molecule has 5 heterocycles. The van der Waals surface area contributed by atoms with E-state index in [9.17, 15) is 9.59 Å². The average Bonchev–Trinajstić information content (AvgIpc) is 3.73. The fourth-order valence-corrected chi connectivity index (χ4v) is 5.49. The summed E-state index contributed by atoms with van der Waals surface area (Å²) >= 11 is 6.59. The van der Waals surface area contributed by atoms with E-state index in [0.29, 0.717) is 54.1 Å². The number of nitrogens with zero attached hydrogens (tertiary/aromatic N) is 7. The molecule has 4 aromatic rings. The Morgan fingerprint density at radius 1 is 1.18 bits per heavy atom. The molecule has 0 bridgehead atoms. The Hall–Kier alpha value is -3.99. The fraction of sp³-hybridized carbons (Fsp3) is 0.346. The third-order valence-corrected chi connectivity index (χ3v) is 7.55. The highest BCUT2D eigenvalue weighted by atomic mass is 35.5. The molecule has 1 aromatic carbocycles. The Morgan fingerprint density at radius 3 is 2.84 bits per heavy atom. The average molecular weight is 537 g/mol. The normalized spacial score (nSPS) is 15.3. The van der Waals surface area contributed by atoms with Crippen LogP contribution in [0, 0.1) is 5.82 Å². The second kappa shape index (κ2) is 9.71. The van der Waals surface area contributed by atoms with Gasteiger partial charge in [0.25, 0.3) is 5.91 Å². The predicted octanol–water partition coefficient (Wildman–Crippen LogP) is 3.63. The van der Waals surface area contributed by atoms with E-state index in [1.54, 1.807) is 45.2 Å². The van der Waals surface area contributed by atoms with Crippen molar-refractivity contribution in [3.05, 3.63) is 70.2 Å². The minimum atomic E-state index is -0.488. The molecule has 0 radical (unpaired) electrons. The van der Waals surface area contributed by atoms with Gasteiger partial charge < -0.3 is 14.8 Å². The van der Waals surface area contributed by atoms with E-state index in [1.165, 1.54) is 0 Å². The van der Waals surface area contributed by atoms with Crippen molar-refractivity contribution in [3.63, 3.8) is 0 Å². The summed E-state index contributed by atoms with van der Waals surface area (Å²) in [6, 6.07) is 3.19. The van der Waals surface area contributed by atoms with Crippen LogP contribution in [0.3, 0.4) is 0 Å². The van der Waals surface area contributed by atoms with Crippen molar-refractivity contribution in [1.29, 1.82) is 0 Å². The number of nitrogens with one attached hydrogen (secondary N) is 1. The van der Waals surface area contributed by atoms with Gasteiger partial charge in [-0.05, 0) is 31.1 Å². The Bertz CT molecular complexity index is 1570. The highest BCUT2D eigenvalue weighted by molar-refractivity contribution is 6.36. The molecule has 0 spiro atoms. The summed E-state index contributed by atoms with van der Waals surface area (Å²) in [6.45, 7) is 4.92. The number of fused-ring (bicyclic) bond motifs is 2. The number of hydrogen-bond donors (Lipinski definition) is 1. The molecule has 0 saturated carbocycles. The van der Waals surface area contributed by atoms with Crippen LogP contribution < -0.4 is 0 Å². The topological polar surface area (TPSA) is 105 Å². The number of rotatable bonds is 6. The van der Waals surface area contributed by atoms with E-state index in [1.807, 2.05) is 17.7 Å². The molecular weight excluding hydrogens is 511 g/mol. The van der Waals surface area contributed by atoms with Crippen molar-refractivity contribution in [1.82, 2.24) is 39.6 Å². The Kier molecular flexibility index (Phi) is 6.22. The number of carbonyl (C=O) groups excluding carboxylic acids is 2. The van der Waals surface area contributed by atoms with Crippen molar-refractivity contribution in [3.8, 4) is 0 Å². The first kappa shape index (κ1) is 24.4. The number of amides is 2. The number of H-pyrrole nitrogens is 1. The zero-order chi connectivity index (χ0) is 26.4. The maximum Gasteiger partial charge on any atom is 0.270 e. The lowest BCUT2D eigenvalue weighted by Gasteiger charge is -2.28. The first-order valence-corrected chi connectivity index (χ1v) is 13.0. The molecule has 12 heteroatoms. The molecular formula is C26H26ClFN8O2. The molecule has 2 aliphatic heterocycles. The van der Waals surface area contributed by atoms with Gasteiger partial charge in [0, 0.05) is 55.3 Å². The number of aromatic amines is 1. The van der Waals surface area contributed by atoms with E-state index in [0.717, 1.165) is 17.8 Å². The Balaban J connectivity index is 1.22. The van der Waals surface area contributed by atoms with Gasteiger partial charge in [-0.15, -0.1) is 5.10 Å². The summed E-state index contributed by atoms with van der Waals surface area (Å²) in [5.41, 5.74) is 3.52. The monoisotopic (exact) mass is 536 g/mol. The van der Waals surface area contributed by atoms with Gasteiger partial charge in [-0.25, -0.2) is 4.39 Å². The third kappa shape index (κ3) is 4.26. The number of carbonyl (C=O) groups is 2. The van der Waals surface area contributed by atoms with Crippen molar-refractivity contribution in [2.24, 2.45) is 0 Å². The van der Waals surface area contributed by atoms with Gasteiger partial charge in [0.05, 0.1) is 41.7 Å².